The van der Waals surface area contributed by atoms with Gasteiger partial charge in [0.25, 0.3) is 0 Å². The van der Waals surface area contributed by atoms with Gasteiger partial charge in [0.1, 0.15) is 23.0 Å². The highest BCUT2D eigenvalue weighted by molar-refractivity contribution is 6.32. The van der Waals surface area contributed by atoms with Crippen molar-refractivity contribution < 1.29 is 14.3 Å². The lowest BCUT2D eigenvalue weighted by Crippen LogP contribution is -2.33. The number of pyridine rings is 1. The smallest absolute Gasteiger partial charge is 0.323 e. The van der Waals surface area contributed by atoms with Crippen LogP contribution in [-0.2, 0) is 16.1 Å². The molecule has 28 heavy (non-hydrogen) atoms. The molecule has 0 bridgehead atoms. The van der Waals surface area contributed by atoms with E-state index in [2.05, 4.69) is 15.6 Å². The number of urea groups is 1. The summed E-state index contributed by atoms with van der Waals surface area (Å²) >= 11 is 11.6. The Balaban J connectivity index is 1.59. The number of benzene rings is 1. The summed E-state index contributed by atoms with van der Waals surface area (Å²) in [5.41, 5.74) is 7.21. The van der Waals surface area contributed by atoms with Crippen LogP contribution in [0.1, 0.15) is 24.8 Å². The fourth-order valence-corrected chi connectivity index (χ4v) is 2.87. The van der Waals surface area contributed by atoms with Crippen molar-refractivity contribution in [3.8, 4) is 0 Å². The summed E-state index contributed by atoms with van der Waals surface area (Å²) in [4.78, 5) is 27.5. The van der Waals surface area contributed by atoms with Gasteiger partial charge in [0, 0.05) is 12.2 Å². The van der Waals surface area contributed by atoms with Crippen LogP contribution in [0, 0.1) is 0 Å². The fourth-order valence-electron chi connectivity index (χ4n) is 2.36. The second-order valence-electron chi connectivity index (χ2n) is 6.08. The molecule has 0 radical (unpaired) electrons. The van der Waals surface area contributed by atoms with E-state index in [1.54, 1.807) is 24.3 Å². The molecule has 2 amide bonds. The monoisotopic (exact) mass is 424 g/mol. The molecule has 150 valence electrons. The number of rotatable bonds is 9. The Morgan fingerprint density at radius 2 is 1.79 bits per heavy atom. The Labute approximate surface area is 173 Å². The van der Waals surface area contributed by atoms with Crippen LogP contribution >= 0.6 is 23.2 Å². The van der Waals surface area contributed by atoms with Crippen molar-refractivity contribution in [1.82, 2.24) is 10.3 Å². The Kier molecular flexibility index (Phi) is 9.00. The van der Waals surface area contributed by atoms with Crippen molar-refractivity contribution in [3.63, 3.8) is 0 Å². The maximum Gasteiger partial charge on any atom is 0.323 e. The van der Waals surface area contributed by atoms with Crippen molar-refractivity contribution in [2.75, 3.05) is 11.9 Å². The van der Waals surface area contributed by atoms with E-state index >= 15 is 0 Å². The number of nitrogens with two attached hydrogens (primary N) is 1. The molecular formula is C19H22Cl2N4O3. The predicted octanol–water partition coefficient (Wildman–Crippen LogP) is 3.75. The molecule has 0 spiro atoms. The Morgan fingerprint density at radius 3 is 2.46 bits per heavy atom. The third kappa shape index (κ3) is 8.12. The van der Waals surface area contributed by atoms with Crippen LogP contribution in [-0.4, -0.2) is 29.6 Å². The molecule has 2 aromatic rings. The number of anilines is 1. The molecule has 0 aliphatic rings. The molecule has 2 rings (SSSR count). The minimum atomic E-state index is -0.731. The van der Waals surface area contributed by atoms with Crippen LogP contribution in [0.15, 0.2) is 42.5 Å². The number of hydrogen-bond donors (Lipinski definition) is 3. The Hall–Kier alpha value is -2.35. The van der Waals surface area contributed by atoms with Crippen LogP contribution in [0.5, 0.6) is 0 Å². The first-order valence-corrected chi connectivity index (χ1v) is 9.53. The van der Waals surface area contributed by atoms with Gasteiger partial charge in [-0.15, -0.1) is 0 Å². The number of hydrogen-bond acceptors (Lipinski definition) is 5. The maximum absolute atomic E-state index is 12.0. The molecule has 0 saturated heterocycles. The van der Waals surface area contributed by atoms with Crippen LogP contribution < -0.4 is 16.4 Å². The molecule has 9 heteroatoms. The molecule has 4 N–H and O–H groups in total. The largest absolute Gasteiger partial charge is 0.460 e. The standard InChI is InChI=1S/C19H22Cl2N4O3/c20-16-10-13(11-17(21)25-16)12-28-18(26)15(22)8-4-5-9-23-19(27)24-14-6-2-1-3-7-14/h1-3,6-7,10-11,15H,4-5,8-9,12,22H2,(H2,23,24,27)/t15-/m0/s1. The van der Waals surface area contributed by atoms with Crippen LogP contribution in [0.4, 0.5) is 10.5 Å². The second-order valence-corrected chi connectivity index (χ2v) is 6.85. The zero-order chi connectivity index (χ0) is 20.4. The number of nitrogens with zero attached hydrogens (tertiary/aromatic N) is 1. The van der Waals surface area contributed by atoms with Crippen molar-refractivity contribution in [3.05, 3.63) is 58.3 Å². The lowest BCUT2D eigenvalue weighted by Gasteiger charge is -2.12. The molecule has 0 fully saturated rings. The maximum atomic E-state index is 12.0. The number of para-hydroxylation sites is 1. The van der Waals surface area contributed by atoms with E-state index < -0.39 is 12.0 Å². The van der Waals surface area contributed by atoms with E-state index in [0.717, 1.165) is 5.69 Å². The molecular weight excluding hydrogens is 403 g/mol. The van der Waals surface area contributed by atoms with E-state index in [4.69, 9.17) is 33.7 Å². The van der Waals surface area contributed by atoms with E-state index in [0.29, 0.717) is 31.4 Å². The van der Waals surface area contributed by atoms with E-state index in [-0.39, 0.29) is 22.9 Å². The zero-order valence-electron chi connectivity index (χ0n) is 15.2. The van der Waals surface area contributed by atoms with Crippen molar-refractivity contribution in [2.45, 2.75) is 31.9 Å². The van der Waals surface area contributed by atoms with Gasteiger partial charge in [0.05, 0.1) is 0 Å². The summed E-state index contributed by atoms with van der Waals surface area (Å²) in [6.45, 7) is 0.504. The third-order valence-corrected chi connectivity index (χ3v) is 4.15. The number of carbonyl (C=O) groups is 2. The molecule has 0 saturated carbocycles. The number of aromatic nitrogens is 1. The normalized spacial score (nSPS) is 11.5. The molecule has 7 nitrogen and oxygen atoms in total. The van der Waals surface area contributed by atoms with Gasteiger partial charge in [-0.05, 0) is 49.1 Å². The molecule has 0 aliphatic heterocycles. The van der Waals surface area contributed by atoms with Gasteiger partial charge in [-0.25, -0.2) is 9.78 Å². The van der Waals surface area contributed by atoms with Gasteiger partial charge in [0.15, 0.2) is 0 Å². The van der Waals surface area contributed by atoms with E-state index in [1.807, 2.05) is 18.2 Å². The van der Waals surface area contributed by atoms with Gasteiger partial charge in [-0.2, -0.15) is 0 Å². The number of halogens is 2. The van der Waals surface area contributed by atoms with Crippen LogP contribution in [0.25, 0.3) is 0 Å². The van der Waals surface area contributed by atoms with Gasteiger partial charge >= 0.3 is 12.0 Å². The summed E-state index contributed by atoms with van der Waals surface area (Å²) < 4.78 is 5.17. The summed E-state index contributed by atoms with van der Waals surface area (Å²) in [5.74, 6) is -0.501. The lowest BCUT2D eigenvalue weighted by molar-refractivity contribution is -0.146. The number of unbranched alkanes of at least 4 members (excludes halogenated alkanes) is 1. The average Bonchev–Trinajstić information content (AvgIpc) is 2.65. The quantitative estimate of drug-likeness (QED) is 0.322. The van der Waals surface area contributed by atoms with Crippen molar-refractivity contribution in [1.29, 1.82) is 0 Å². The first-order chi connectivity index (χ1) is 13.4. The zero-order valence-corrected chi connectivity index (χ0v) is 16.7. The topological polar surface area (TPSA) is 106 Å². The van der Waals surface area contributed by atoms with E-state index in [1.165, 1.54) is 0 Å². The molecule has 1 heterocycles. The van der Waals surface area contributed by atoms with Gasteiger partial charge in [-0.3, -0.25) is 4.79 Å². The van der Waals surface area contributed by atoms with Crippen LogP contribution in [0.3, 0.4) is 0 Å². The molecule has 1 atom stereocenters. The summed E-state index contributed by atoms with van der Waals surface area (Å²) in [7, 11) is 0. The highest BCUT2D eigenvalue weighted by Crippen LogP contribution is 2.15. The Morgan fingerprint density at radius 1 is 1.11 bits per heavy atom. The van der Waals surface area contributed by atoms with E-state index in [9.17, 15) is 9.59 Å². The number of nitrogens with one attached hydrogen (secondary N) is 2. The summed E-state index contributed by atoms with van der Waals surface area (Å²) in [6, 6.07) is 11.3. The SMILES string of the molecule is N[C@@H](CCCCNC(=O)Nc1ccccc1)C(=O)OCc1cc(Cl)nc(Cl)c1. The summed E-state index contributed by atoms with van der Waals surface area (Å²) in [5, 5.41) is 5.94. The highest BCUT2D eigenvalue weighted by Gasteiger charge is 2.15. The van der Waals surface area contributed by atoms with Crippen molar-refractivity contribution in [2.24, 2.45) is 5.73 Å². The second kappa shape index (κ2) is 11.5. The number of ether oxygens (including phenoxy) is 1. The van der Waals surface area contributed by atoms with Crippen LogP contribution in [0.2, 0.25) is 10.3 Å². The molecule has 1 aromatic carbocycles. The summed E-state index contributed by atoms with van der Waals surface area (Å²) in [6.07, 6.45) is 1.83. The molecule has 0 aliphatic carbocycles. The highest BCUT2D eigenvalue weighted by atomic mass is 35.5. The minimum Gasteiger partial charge on any atom is -0.460 e. The predicted molar refractivity (Wildman–Crippen MR) is 109 cm³/mol. The minimum absolute atomic E-state index is 0.0235. The molecule has 0 unspecified atom stereocenters. The average molecular weight is 425 g/mol. The molecule has 1 aromatic heterocycles. The van der Waals surface area contributed by atoms with Gasteiger partial charge < -0.3 is 21.1 Å². The fraction of sp³-hybridized carbons (Fsp3) is 0.316. The van der Waals surface area contributed by atoms with Gasteiger partial charge in [-0.1, -0.05) is 41.4 Å². The number of esters is 1. The number of amides is 2. The lowest BCUT2D eigenvalue weighted by atomic mass is 10.1. The number of carbonyl (C=O) groups excluding carboxylic acids is 2. The Bertz CT molecular complexity index is 770. The van der Waals surface area contributed by atoms with Crippen molar-refractivity contribution >= 4 is 40.9 Å². The first-order valence-electron chi connectivity index (χ1n) is 8.78. The third-order valence-electron chi connectivity index (χ3n) is 3.77. The van der Waals surface area contributed by atoms with Gasteiger partial charge in [0.2, 0.25) is 0 Å². The first kappa shape index (κ1) is 21.9.